The van der Waals surface area contributed by atoms with Crippen molar-refractivity contribution in [3.63, 3.8) is 0 Å². The first-order valence-corrected chi connectivity index (χ1v) is 10.4. The predicted molar refractivity (Wildman–Crippen MR) is 113 cm³/mol. The van der Waals surface area contributed by atoms with Gasteiger partial charge in [0.1, 0.15) is 0 Å². The fraction of sp³-hybridized carbons (Fsp3) is 0.174. The average molecular weight is 482 g/mol. The van der Waals surface area contributed by atoms with Crippen molar-refractivity contribution in [2.45, 2.75) is 17.1 Å². The van der Waals surface area contributed by atoms with Crippen LogP contribution < -0.4 is 4.74 Å². The number of halogens is 2. The molecule has 4 unspecified atom stereocenters. The Bertz CT molecular complexity index is 1210. The van der Waals surface area contributed by atoms with Gasteiger partial charge in [-0.3, -0.25) is 4.79 Å². The third-order valence-electron chi connectivity index (χ3n) is 6.01. The topological polar surface area (TPSA) is 83.2 Å². The first-order valence-electron chi connectivity index (χ1n) is 9.26. The van der Waals surface area contributed by atoms with Crippen molar-refractivity contribution in [1.29, 1.82) is 5.26 Å². The lowest BCUT2D eigenvalue weighted by Gasteiger charge is -2.64. The molecule has 2 heterocycles. The van der Waals surface area contributed by atoms with Gasteiger partial charge in [-0.05, 0) is 23.3 Å². The van der Waals surface area contributed by atoms with Gasteiger partial charge in [-0.2, -0.15) is 5.26 Å². The number of Topliss-reactive ketones (excluding diaryl/α,β-unsaturated/α-hetero) is 1. The summed E-state index contributed by atoms with van der Waals surface area (Å²) in [5.74, 6) is -2.04. The molecule has 0 amide bonds. The Kier molecular flexibility index (Phi) is 4.26. The smallest absolute Gasteiger partial charge is 0.222 e. The summed E-state index contributed by atoms with van der Waals surface area (Å²) in [6.45, 7) is 0. The van der Waals surface area contributed by atoms with E-state index in [1.54, 1.807) is 12.1 Å². The van der Waals surface area contributed by atoms with Crippen molar-refractivity contribution >= 4 is 33.3 Å². The molecule has 30 heavy (non-hydrogen) atoms. The second-order valence-electron chi connectivity index (χ2n) is 7.44. The second kappa shape index (κ2) is 6.64. The van der Waals surface area contributed by atoms with Gasteiger partial charge in [-0.1, -0.05) is 70.0 Å². The van der Waals surface area contributed by atoms with E-state index in [1.807, 2.05) is 42.5 Å². The number of ketones is 1. The number of aromatic nitrogens is 1. The van der Waals surface area contributed by atoms with Crippen LogP contribution in [0.1, 0.15) is 27.5 Å². The van der Waals surface area contributed by atoms with Gasteiger partial charge in [0.15, 0.2) is 22.6 Å². The molecule has 1 saturated carbocycles. The maximum Gasteiger partial charge on any atom is 0.222 e. The number of fused-ring (bicyclic) bond motifs is 2. The fourth-order valence-corrected chi connectivity index (χ4v) is 5.15. The molecule has 2 aliphatic rings. The highest BCUT2D eigenvalue weighted by Crippen LogP contribution is 2.67. The minimum absolute atomic E-state index is 0.0265. The van der Waals surface area contributed by atoms with Crippen LogP contribution in [0.2, 0.25) is 5.02 Å². The minimum atomic E-state index is -2.09. The maximum absolute atomic E-state index is 13.5. The molecule has 0 bridgehead atoms. The highest BCUT2D eigenvalue weighted by atomic mass is 79.9. The summed E-state index contributed by atoms with van der Waals surface area (Å²) in [5.41, 5.74) is -2.23. The summed E-state index contributed by atoms with van der Waals surface area (Å²) >= 11 is 9.52. The third-order valence-corrected chi connectivity index (χ3v) is 6.75. The number of pyridine rings is 1. The van der Waals surface area contributed by atoms with Gasteiger partial charge in [0.05, 0.1) is 22.9 Å². The Labute approximate surface area is 186 Å². The van der Waals surface area contributed by atoms with Crippen molar-refractivity contribution in [2.75, 3.05) is 0 Å². The predicted octanol–water partition coefficient (Wildman–Crippen LogP) is 4.64. The molecule has 1 aromatic heterocycles. The Morgan fingerprint density at radius 1 is 1.17 bits per heavy atom. The number of ether oxygens (including phenoxy) is 1. The highest BCUT2D eigenvalue weighted by Gasteiger charge is 2.80. The molecular weight excluding hydrogens is 468 g/mol. The molecule has 1 aliphatic carbocycles. The van der Waals surface area contributed by atoms with Gasteiger partial charge in [0.2, 0.25) is 5.78 Å². The number of carbonyl (C=O) groups is 1. The first-order chi connectivity index (χ1) is 14.4. The van der Waals surface area contributed by atoms with Crippen molar-refractivity contribution in [1.82, 2.24) is 4.98 Å². The molecular formula is C23H14BrClN2O3. The van der Waals surface area contributed by atoms with Gasteiger partial charge in [-0.25, -0.2) is 4.98 Å². The van der Waals surface area contributed by atoms with Crippen LogP contribution in [0.25, 0.3) is 0 Å². The molecule has 0 radical (unpaired) electrons. The van der Waals surface area contributed by atoms with Gasteiger partial charge >= 0.3 is 0 Å². The molecule has 0 saturated heterocycles. The van der Waals surface area contributed by atoms with Gasteiger partial charge in [0, 0.05) is 16.7 Å². The van der Waals surface area contributed by atoms with Crippen molar-refractivity contribution in [3.8, 4) is 11.8 Å². The average Bonchev–Trinajstić information content (AvgIpc) is 2.75. The SMILES string of the molecule is N#CC1C(c2ccccc2)C2(c3ccc(Br)cc3)Oc3cc(Cl)cnc3C(=O)C12O. The summed E-state index contributed by atoms with van der Waals surface area (Å²) in [6.07, 6.45) is 1.33. The number of benzene rings is 2. The zero-order chi connectivity index (χ0) is 21.1. The van der Waals surface area contributed by atoms with E-state index in [2.05, 4.69) is 27.0 Å². The van der Waals surface area contributed by atoms with Gasteiger partial charge in [0.25, 0.3) is 0 Å². The third kappa shape index (κ3) is 2.31. The summed E-state index contributed by atoms with van der Waals surface area (Å²) < 4.78 is 7.25. The lowest BCUT2D eigenvalue weighted by atomic mass is 9.44. The lowest BCUT2D eigenvalue weighted by molar-refractivity contribution is -0.233. The number of hydrogen-bond acceptors (Lipinski definition) is 5. The molecule has 1 N–H and O–H groups in total. The van der Waals surface area contributed by atoms with Crippen LogP contribution in [0.15, 0.2) is 71.3 Å². The Hall–Kier alpha value is -2.72. The largest absolute Gasteiger partial charge is 0.476 e. The van der Waals surface area contributed by atoms with Crippen molar-refractivity contribution in [3.05, 3.63) is 93.2 Å². The van der Waals surface area contributed by atoms with E-state index >= 15 is 0 Å². The van der Waals surface area contributed by atoms with Crippen LogP contribution >= 0.6 is 27.5 Å². The Balaban J connectivity index is 1.82. The first kappa shape index (κ1) is 19.3. The zero-order valence-corrected chi connectivity index (χ0v) is 17.8. The monoisotopic (exact) mass is 480 g/mol. The van der Waals surface area contributed by atoms with E-state index in [4.69, 9.17) is 16.3 Å². The van der Waals surface area contributed by atoms with Crippen LogP contribution in [-0.2, 0) is 5.60 Å². The molecule has 2 aromatic carbocycles. The molecule has 5 rings (SSSR count). The van der Waals surface area contributed by atoms with E-state index in [9.17, 15) is 15.2 Å². The number of nitriles is 1. The van der Waals surface area contributed by atoms with Crippen LogP contribution in [-0.4, -0.2) is 21.5 Å². The van der Waals surface area contributed by atoms with E-state index < -0.39 is 28.8 Å². The van der Waals surface area contributed by atoms with E-state index in [1.165, 1.54) is 12.3 Å². The maximum atomic E-state index is 13.5. The molecule has 1 aliphatic heterocycles. The summed E-state index contributed by atoms with van der Waals surface area (Å²) in [4.78, 5) is 17.6. The molecule has 148 valence electrons. The zero-order valence-electron chi connectivity index (χ0n) is 15.4. The molecule has 1 fully saturated rings. The molecule has 7 heteroatoms. The molecule has 5 nitrogen and oxygen atoms in total. The minimum Gasteiger partial charge on any atom is -0.476 e. The summed E-state index contributed by atoms with van der Waals surface area (Å²) in [5, 5.41) is 22.1. The Morgan fingerprint density at radius 3 is 2.53 bits per heavy atom. The van der Waals surface area contributed by atoms with Gasteiger partial charge < -0.3 is 9.84 Å². The van der Waals surface area contributed by atoms with Crippen molar-refractivity contribution < 1.29 is 14.6 Å². The standard InChI is InChI=1S/C23H14BrClN2O3/c24-15-8-6-14(7-9-15)23-19(13-4-2-1-3-5-13)17(11-26)22(23,29)21(28)20-18(30-23)10-16(25)12-27-20/h1-10,12,17,19,29H. The Morgan fingerprint density at radius 2 is 1.87 bits per heavy atom. The van der Waals surface area contributed by atoms with E-state index in [0.717, 1.165) is 10.0 Å². The lowest BCUT2D eigenvalue weighted by Crippen LogP contribution is -2.79. The van der Waals surface area contributed by atoms with Crippen molar-refractivity contribution in [2.24, 2.45) is 5.92 Å². The number of carbonyl (C=O) groups excluding carboxylic acids is 1. The van der Waals surface area contributed by atoms with Crippen LogP contribution in [0.4, 0.5) is 0 Å². The normalized spacial score (nSPS) is 29.1. The van der Waals surface area contributed by atoms with Crippen LogP contribution in [0.3, 0.4) is 0 Å². The molecule has 4 atom stereocenters. The van der Waals surface area contributed by atoms with E-state index in [0.29, 0.717) is 10.6 Å². The summed E-state index contributed by atoms with van der Waals surface area (Å²) in [7, 11) is 0. The quantitative estimate of drug-likeness (QED) is 0.577. The summed E-state index contributed by atoms with van der Waals surface area (Å²) in [6, 6.07) is 20.2. The van der Waals surface area contributed by atoms with Crippen LogP contribution in [0.5, 0.6) is 5.75 Å². The number of aliphatic hydroxyl groups is 1. The fourth-order valence-electron chi connectivity index (χ4n) is 4.73. The van der Waals surface area contributed by atoms with E-state index in [-0.39, 0.29) is 11.4 Å². The highest BCUT2D eigenvalue weighted by molar-refractivity contribution is 9.10. The second-order valence-corrected chi connectivity index (χ2v) is 8.79. The number of nitrogens with zero attached hydrogens (tertiary/aromatic N) is 2. The number of hydrogen-bond donors (Lipinski definition) is 1. The number of rotatable bonds is 2. The van der Waals surface area contributed by atoms with Gasteiger partial charge in [-0.15, -0.1) is 0 Å². The molecule has 3 aromatic rings. The molecule has 0 spiro atoms. The van der Waals surface area contributed by atoms with Crippen LogP contribution in [0, 0.1) is 17.2 Å².